The number of anilines is 1. The molecule has 0 saturated heterocycles. The summed E-state index contributed by atoms with van der Waals surface area (Å²) in [5.74, 6) is 0.196. The zero-order valence-corrected chi connectivity index (χ0v) is 8.16. The molecule has 0 radical (unpaired) electrons. The van der Waals surface area contributed by atoms with Crippen molar-refractivity contribution in [3.05, 3.63) is 46.8 Å². The molecule has 0 atom stereocenters. The van der Waals surface area contributed by atoms with Crippen molar-refractivity contribution in [1.82, 2.24) is 9.97 Å². The van der Waals surface area contributed by atoms with Crippen LogP contribution in [0.1, 0.15) is 5.56 Å². The van der Waals surface area contributed by atoms with E-state index in [2.05, 4.69) is 15.3 Å². The molecule has 0 aliphatic heterocycles. The fourth-order valence-corrected chi connectivity index (χ4v) is 1.17. The lowest BCUT2D eigenvalue weighted by Gasteiger charge is -2.02. The second-order valence-electron chi connectivity index (χ2n) is 3.00. The third-order valence-electron chi connectivity index (χ3n) is 1.93. The predicted octanol–water partition coefficient (Wildman–Crippen LogP) is 1.59. The minimum absolute atomic E-state index is 0.147. The van der Waals surface area contributed by atoms with Crippen LogP contribution in [-0.4, -0.2) is 14.9 Å². The molecule has 0 aromatic carbocycles. The van der Waals surface area contributed by atoms with Gasteiger partial charge in [0.15, 0.2) is 0 Å². The molecule has 2 rings (SSSR count). The largest absolute Gasteiger partial charge is 0.472 e. The zero-order valence-electron chi connectivity index (χ0n) is 8.16. The molecule has 7 heteroatoms. The van der Waals surface area contributed by atoms with Gasteiger partial charge in [0.1, 0.15) is 12.5 Å². The van der Waals surface area contributed by atoms with Crippen molar-refractivity contribution in [2.45, 2.75) is 6.54 Å². The highest BCUT2D eigenvalue weighted by molar-refractivity contribution is 5.53. The number of aromatic nitrogens is 2. The van der Waals surface area contributed by atoms with E-state index in [0.717, 1.165) is 11.8 Å². The molecule has 1 N–H and O–H groups in total. The van der Waals surface area contributed by atoms with Crippen molar-refractivity contribution in [2.24, 2.45) is 0 Å². The van der Waals surface area contributed by atoms with Gasteiger partial charge < -0.3 is 9.73 Å². The van der Waals surface area contributed by atoms with Gasteiger partial charge in [0.05, 0.1) is 17.4 Å². The second kappa shape index (κ2) is 4.39. The number of nitrogens with one attached hydrogen (secondary N) is 1. The van der Waals surface area contributed by atoms with E-state index < -0.39 is 4.92 Å². The monoisotopic (exact) mass is 220 g/mol. The van der Waals surface area contributed by atoms with Crippen LogP contribution in [0.5, 0.6) is 0 Å². The average molecular weight is 220 g/mol. The Bertz CT molecular complexity index is 483. The molecule has 0 aliphatic rings. The highest BCUT2D eigenvalue weighted by Crippen LogP contribution is 2.19. The Kier molecular flexibility index (Phi) is 2.77. The summed E-state index contributed by atoms with van der Waals surface area (Å²) in [6.45, 7) is 0.411. The summed E-state index contributed by atoms with van der Waals surface area (Å²) in [7, 11) is 0. The van der Waals surface area contributed by atoms with Crippen molar-refractivity contribution < 1.29 is 9.34 Å². The molecule has 0 amide bonds. The molecular weight excluding hydrogens is 212 g/mol. The van der Waals surface area contributed by atoms with E-state index in [1.165, 1.54) is 12.6 Å². The quantitative estimate of drug-likeness (QED) is 0.621. The summed E-state index contributed by atoms with van der Waals surface area (Å²) in [5.41, 5.74) is 0.735. The molecule has 0 spiro atoms. The van der Waals surface area contributed by atoms with Gasteiger partial charge in [-0.15, -0.1) is 0 Å². The Labute approximate surface area is 90.3 Å². The number of hydrogen-bond donors (Lipinski definition) is 1. The fourth-order valence-electron chi connectivity index (χ4n) is 1.17. The summed E-state index contributed by atoms with van der Waals surface area (Å²) in [5, 5.41) is 13.5. The molecule has 82 valence electrons. The Morgan fingerprint density at radius 3 is 3.12 bits per heavy atom. The first-order valence-electron chi connectivity index (χ1n) is 4.46. The van der Waals surface area contributed by atoms with E-state index >= 15 is 0 Å². The third kappa shape index (κ3) is 2.14. The lowest BCUT2D eigenvalue weighted by atomic mass is 10.3. The Hall–Kier alpha value is -2.44. The molecule has 2 aromatic rings. The van der Waals surface area contributed by atoms with Gasteiger partial charge in [-0.05, 0) is 6.07 Å². The van der Waals surface area contributed by atoms with Gasteiger partial charge in [-0.2, -0.15) is 0 Å². The summed E-state index contributed by atoms with van der Waals surface area (Å²) in [6, 6.07) is 1.76. The summed E-state index contributed by atoms with van der Waals surface area (Å²) < 4.78 is 4.87. The van der Waals surface area contributed by atoms with Crippen LogP contribution < -0.4 is 5.32 Å². The maximum atomic E-state index is 10.7. The lowest BCUT2D eigenvalue weighted by Crippen LogP contribution is -2.04. The van der Waals surface area contributed by atoms with Gasteiger partial charge in [-0.1, -0.05) is 0 Å². The van der Waals surface area contributed by atoms with Crippen molar-refractivity contribution in [3.63, 3.8) is 0 Å². The van der Waals surface area contributed by atoms with E-state index in [0.29, 0.717) is 6.54 Å². The molecule has 0 aliphatic carbocycles. The van der Waals surface area contributed by atoms with E-state index in [1.54, 1.807) is 12.3 Å². The first-order valence-corrected chi connectivity index (χ1v) is 4.46. The number of nitrogens with zero attached hydrogens (tertiary/aromatic N) is 3. The van der Waals surface area contributed by atoms with E-state index in [1.807, 2.05) is 0 Å². The van der Waals surface area contributed by atoms with E-state index in [-0.39, 0.29) is 11.5 Å². The molecule has 0 saturated carbocycles. The zero-order chi connectivity index (χ0) is 11.4. The predicted molar refractivity (Wildman–Crippen MR) is 54.7 cm³/mol. The van der Waals surface area contributed by atoms with Gasteiger partial charge in [-0.3, -0.25) is 10.1 Å². The number of furan rings is 1. The van der Waals surface area contributed by atoms with Crippen LogP contribution in [0.25, 0.3) is 0 Å². The minimum atomic E-state index is -0.530. The van der Waals surface area contributed by atoms with Crippen molar-refractivity contribution in [3.8, 4) is 0 Å². The normalized spacial score (nSPS) is 10.0. The molecule has 16 heavy (non-hydrogen) atoms. The highest BCUT2D eigenvalue weighted by atomic mass is 16.6. The minimum Gasteiger partial charge on any atom is -0.472 e. The first kappa shape index (κ1) is 10.1. The van der Waals surface area contributed by atoms with Gasteiger partial charge in [-0.25, -0.2) is 9.97 Å². The topological polar surface area (TPSA) is 94.1 Å². The van der Waals surface area contributed by atoms with Crippen molar-refractivity contribution in [2.75, 3.05) is 5.32 Å². The van der Waals surface area contributed by atoms with Gasteiger partial charge in [0.25, 0.3) is 0 Å². The third-order valence-corrected chi connectivity index (χ3v) is 1.93. The summed E-state index contributed by atoms with van der Waals surface area (Å²) in [4.78, 5) is 17.5. The number of nitro groups is 1. The molecule has 7 nitrogen and oxygen atoms in total. The van der Waals surface area contributed by atoms with Crippen LogP contribution >= 0.6 is 0 Å². The maximum Gasteiger partial charge on any atom is 0.329 e. The summed E-state index contributed by atoms with van der Waals surface area (Å²) in [6.07, 6.45) is 5.50. The number of rotatable bonds is 4. The lowest BCUT2D eigenvalue weighted by molar-refractivity contribution is -0.384. The fraction of sp³-hybridized carbons (Fsp3) is 0.111. The summed E-state index contributed by atoms with van der Waals surface area (Å²) >= 11 is 0. The van der Waals surface area contributed by atoms with E-state index in [9.17, 15) is 10.1 Å². The molecule has 2 aromatic heterocycles. The van der Waals surface area contributed by atoms with Gasteiger partial charge >= 0.3 is 5.69 Å². The van der Waals surface area contributed by atoms with Crippen molar-refractivity contribution in [1.29, 1.82) is 0 Å². The van der Waals surface area contributed by atoms with Crippen molar-refractivity contribution >= 4 is 11.5 Å². The average Bonchev–Trinajstić information content (AvgIpc) is 2.79. The molecule has 0 unspecified atom stereocenters. The maximum absolute atomic E-state index is 10.7. The van der Waals surface area contributed by atoms with Crippen LogP contribution in [0, 0.1) is 10.1 Å². The van der Waals surface area contributed by atoms with Gasteiger partial charge in [0.2, 0.25) is 5.82 Å². The Morgan fingerprint density at radius 2 is 2.44 bits per heavy atom. The van der Waals surface area contributed by atoms with Crippen LogP contribution in [0.4, 0.5) is 11.5 Å². The molecule has 0 fully saturated rings. The van der Waals surface area contributed by atoms with Crippen LogP contribution in [0.2, 0.25) is 0 Å². The second-order valence-corrected chi connectivity index (χ2v) is 3.00. The standard InChI is InChI=1S/C9H8N4O3/c14-13(15)8-4-10-6-12-9(8)11-3-7-1-2-16-5-7/h1-2,4-6H,3H2,(H,10,11,12). The van der Waals surface area contributed by atoms with Crippen LogP contribution in [0.15, 0.2) is 35.5 Å². The number of hydrogen-bond acceptors (Lipinski definition) is 6. The highest BCUT2D eigenvalue weighted by Gasteiger charge is 2.14. The SMILES string of the molecule is O=[N+]([O-])c1cncnc1NCc1ccoc1. The first-order chi connectivity index (χ1) is 7.77. The van der Waals surface area contributed by atoms with Gasteiger partial charge in [0, 0.05) is 12.1 Å². The van der Waals surface area contributed by atoms with Crippen LogP contribution in [-0.2, 0) is 6.54 Å². The van der Waals surface area contributed by atoms with E-state index in [4.69, 9.17) is 4.42 Å². The molecule has 2 heterocycles. The molecule has 0 bridgehead atoms. The molecular formula is C9H8N4O3. The smallest absolute Gasteiger partial charge is 0.329 e. The Morgan fingerprint density at radius 1 is 1.56 bits per heavy atom. The Balaban J connectivity index is 2.12. The van der Waals surface area contributed by atoms with Crippen LogP contribution in [0.3, 0.4) is 0 Å².